The van der Waals surface area contributed by atoms with Crippen LogP contribution in [0.15, 0.2) is 18.2 Å². The molecule has 1 aromatic carbocycles. The Kier molecular flexibility index (Phi) is 3.63. The van der Waals surface area contributed by atoms with E-state index >= 15 is 0 Å². The highest BCUT2D eigenvalue weighted by Gasteiger charge is 2.42. The summed E-state index contributed by atoms with van der Waals surface area (Å²) in [7, 11) is 1.74. The van der Waals surface area contributed by atoms with E-state index in [2.05, 4.69) is 27.4 Å². The number of fused-ring (bicyclic) bond motifs is 1. The minimum Gasteiger partial charge on any atom is -0.379 e. The Morgan fingerprint density at radius 1 is 1.45 bits per heavy atom. The number of anilines is 1. The Bertz CT molecular complexity index is 596. The Hall–Kier alpha value is -1.59. The molecule has 0 aliphatic heterocycles. The molecule has 108 valence electrons. The predicted octanol–water partition coefficient (Wildman–Crippen LogP) is 2.48. The highest BCUT2D eigenvalue weighted by atomic mass is 16.5. The minimum absolute atomic E-state index is 0.120. The zero-order valence-corrected chi connectivity index (χ0v) is 12.1. The molecule has 0 amide bonds. The number of benzene rings is 1. The summed E-state index contributed by atoms with van der Waals surface area (Å²) in [6.45, 7) is 4.71. The lowest BCUT2D eigenvalue weighted by molar-refractivity contribution is -0.118. The van der Waals surface area contributed by atoms with Crippen molar-refractivity contribution in [1.82, 2.24) is 9.97 Å². The average Bonchev–Trinajstić information content (AvgIpc) is 2.77. The second-order valence-corrected chi connectivity index (χ2v) is 5.23. The van der Waals surface area contributed by atoms with E-state index in [1.54, 1.807) is 7.11 Å². The Morgan fingerprint density at radius 3 is 3.05 bits per heavy atom. The molecule has 0 radical (unpaired) electrons. The summed E-state index contributed by atoms with van der Waals surface area (Å²) >= 11 is 0. The summed E-state index contributed by atoms with van der Waals surface area (Å²) in [4.78, 5) is 7.66. The number of imidazole rings is 1. The van der Waals surface area contributed by atoms with E-state index in [4.69, 9.17) is 9.47 Å². The number of ether oxygens (including phenoxy) is 2. The number of H-pyrrole nitrogens is 1. The quantitative estimate of drug-likeness (QED) is 0.880. The molecule has 1 aromatic heterocycles. The van der Waals surface area contributed by atoms with Gasteiger partial charge in [0, 0.05) is 19.4 Å². The third-order valence-corrected chi connectivity index (χ3v) is 3.85. The van der Waals surface area contributed by atoms with Crippen LogP contribution < -0.4 is 5.32 Å². The van der Waals surface area contributed by atoms with E-state index in [1.165, 1.54) is 0 Å². The van der Waals surface area contributed by atoms with E-state index in [0.717, 1.165) is 35.6 Å². The first kappa shape index (κ1) is 13.4. The summed E-state index contributed by atoms with van der Waals surface area (Å²) in [5.41, 5.74) is 3.14. The lowest BCUT2D eigenvalue weighted by atomic mass is 9.85. The molecule has 1 aliphatic carbocycles. The van der Waals surface area contributed by atoms with Crippen molar-refractivity contribution in [2.24, 2.45) is 0 Å². The maximum absolute atomic E-state index is 5.64. The van der Waals surface area contributed by atoms with Gasteiger partial charge in [-0.1, -0.05) is 0 Å². The topological polar surface area (TPSA) is 59.2 Å². The summed E-state index contributed by atoms with van der Waals surface area (Å²) in [6.07, 6.45) is 1.31. The van der Waals surface area contributed by atoms with Gasteiger partial charge in [-0.05, 0) is 38.5 Å². The lowest BCUT2D eigenvalue weighted by Gasteiger charge is -2.43. The van der Waals surface area contributed by atoms with Crippen molar-refractivity contribution in [2.75, 3.05) is 19.0 Å². The van der Waals surface area contributed by atoms with Crippen molar-refractivity contribution in [3.63, 3.8) is 0 Å². The molecule has 0 saturated heterocycles. The predicted molar refractivity (Wildman–Crippen MR) is 79.1 cm³/mol. The molecule has 3 atom stereocenters. The van der Waals surface area contributed by atoms with Crippen LogP contribution in [0.25, 0.3) is 11.0 Å². The van der Waals surface area contributed by atoms with Crippen LogP contribution in [0.3, 0.4) is 0 Å². The van der Waals surface area contributed by atoms with Crippen molar-refractivity contribution in [1.29, 1.82) is 0 Å². The first-order chi connectivity index (χ1) is 9.71. The van der Waals surface area contributed by atoms with Gasteiger partial charge < -0.3 is 19.8 Å². The van der Waals surface area contributed by atoms with Crippen LogP contribution in [0, 0.1) is 6.92 Å². The molecule has 2 N–H and O–H groups in total. The van der Waals surface area contributed by atoms with Gasteiger partial charge in [-0.15, -0.1) is 0 Å². The Morgan fingerprint density at radius 2 is 2.30 bits per heavy atom. The first-order valence-electron chi connectivity index (χ1n) is 7.08. The fourth-order valence-corrected chi connectivity index (χ4v) is 2.86. The fraction of sp³-hybridized carbons (Fsp3) is 0.533. The highest BCUT2D eigenvalue weighted by Crippen LogP contribution is 2.30. The number of nitrogens with zero attached hydrogens (tertiary/aromatic N) is 1. The SMILES string of the molecule is CCOC1CC(Nc2ccc3nc(C)[nH]c3c2)C1OC. The van der Waals surface area contributed by atoms with Gasteiger partial charge in [-0.3, -0.25) is 0 Å². The van der Waals surface area contributed by atoms with Crippen LogP contribution >= 0.6 is 0 Å². The second kappa shape index (κ2) is 5.42. The molecule has 2 aromatic rings. The van der Waals surface area contributed by atoms with Crippen molar-refractivity contribution in [3.8, 4) is 0 Å². The highest BCUT2D eigenvalue weighted by molar-refractivity contribution is 5.79. The summed E-state index contributed by atoms with van der Waals surface area (Å²) in [6, 6.07) is 6.49. The fourth-order valence-electron chi connectivity index (χ4n) is 2.86. The third kappa shape index (κ3) is 2.39. The Labute approximate surface area is 118 Å². The van der Waals surface area contributed by atoms with Crippen LogP contribution in [0.4, 0.5) is 5.69 Å². The van der Waals surface area contributed by atoms with Crippen LogP contribution in [0.1, 0.15) is 19.2 Å². The number of aryl methyl sites for hydroxylation is 1. The maximum Gasteiger partial charge on any atom is 0.104 e. The number of aromatic nitrogens is 2. The van der Waals surface area contributed by atoms with Crippen LogP contribution in [0.2, 0.25) is 0 Å². The van der Waals surface area contributed by atoms with Crippen molar-refractivity contribution in [2.45, 2.75) is 38.5 Å². The zero-order valence-electron chi connectivity index (χ0n) is 12.1. The largest absolute Gasteiger partial charge is 0.379 e. The molecule has 0 bridgehead atoms. The number of rotatable bonds is 5. The molecule has 0 spiro atoms. The number of aromatic amines is 1. The second-order valence-electron chi connectivity index (χ2n) is 5.23. The minimum atomic E-state index is 0.120. The number of nitrogens with one attached hydrogen (secondary N) is 2. The first-order valence-corrected chi connectivity index (χ1v) is 7.08. The molecular weight excluding hydrogens is 254 g/mol. The number of hydrogen-bond donors (Lipinski definition) is 2. The molecule has 1 fully saturated rings. The molecule has 1 heterocycles. The normalized spacial score (nSPS) is 25.6. The lowest BCUT2D eigenvalue weighted by Crippen LogP contribution is -2.56. The van der Waals surface area contributed by atoms with Gasteiger partial charge in [0.25, 0.3) is 0 Å². The van der Waals surface area contributed by atoms with Gasteiger partial charge in [-0.2, -0.15) is 0 Å². The van der Waals surface area contributed by atoms with E-state index in [9.17, 15) is 0 Å². The van der Waals surface area contributed by atoms with Crippen molar-refractivity contribution < 1.29 is 9.47 Å². The maximum atomic E-state index is 5.64. The van der Waals surface area contributed by atoms with Gasteiger partial charge in [0.15, 0.2) is 0 Å². The zero-order chi connectivity index (χ0) is 14.1. The molecule has 1 saturated carbocycles. The average molecular weight is 275 g/mol. The van der Waals surface area contributed by atoms with E-state index < -0.39 is 0 Å². The van der Waals surface area contributed by atoms with E-state index in [-0.39, 0.29) is 12.2 Å². The Balaban J connectivity index is 1.70. The smallest absolute Gasteiger partial charge is 0.104 e. The van der Waals surface area contributed by atoms with Crippen molar-refractivity contribution in [3.05, 3.63) is 24.0 Å². The van der Waals surface area contributed by atoms with Crippen LogP contribution in [0.5, 0.6) is 0 Å². The molecule has 3 unspecified atom stereocenters. The van der Waals surface area contributed by atoms with Crippen molar-refractivity contribution >= 4 is 16.7 Å². The standard InChI is InChI=1S/C15H21N3O2/c1-4-20-14-8-13(15(14)19-3)18-10-5-6-11-12(7-10)17-9(2)16-11/h5-7,13-15,18H,4,8H2,1-3H3,(H,16,17). The monoisotopic (exact) mass is 275 g/mol. The van der Waals surface area contributed by atoms with E-state index in [0.29, 0.717) is 6.04 Å². The molecule has 3 rings (SSSR count). The number of hydrogen-bond acceptors (Lipinski definition) is 4. The molecule has 5 nitrogen and oxygen atoms in total. The van der Waals surface area contributed by atoms with Gasteiger partial charge >= 0.3 is 0 Å². The molecule has 1 aliphatic rings. The summed E-state index contributed by atoms with van der Waals surface area (Å²) in [5.74, 6) is 0.937. The van der Waals surface area contributed by atoms with Gasteiger partial charge in [0.2, 0.25) is 0 Å². The van der Waals surface area contributed by atoms with Crippen LogP contribution in [-0.4, -0.2) is 41.9 Å². The van der Waals surface area contributed by atoms with Gasteiger partial charge in [-0.25, -0.2) is 4.98 Å². The summed E-state index contributed by atoms with van der Waals surface area (Å²) < 4.78 is 11.2. The summed E-state index contributed by atoms with van der Waals surface area (Å²) in [5, 5.41) is 3.52. The van der Waals surface area contributed by atoms with Crippen LogP contribution in [-0.2, 0) is 9.47 Å². The van der Waals surface area contributed by atoms with Gasteiger partial charge in [0.05, 0.1) is 23.2 Å². The third-order valence-electron chi connectivity index (χ3n) is 3.85. The molecule has 5 heteroatoms. The molecule has 20 heavy (non-hydrogen) atoms. The molecular formula is C15H21N3O2. The van der Waals surface area contributed by atoms with E-state index in [1.807, 2.05) is 19.9 Å². The number of methoxy groups -OCH3 is 1. The van der Waals surface area contributed by atoms with Gasteiger partial charge in [0.1, 0.15) is 11.9 Å².